The summed E-state index contributed by atoms with van der Waals surface area (Å²) in [5.41, 5.74) is 0.538. The summed E-state index contributed by atoms with van der Waals surface area (Å²) in [5.74, 6) is -2.63. The Morgan fingerprint density at radius 3 is 1.89 bits per heavy atom. The largest absolute Gasteiger partial charge is 0.508 e. The number of carboxylic acids is 1. The van der Waals surface area contributed by atoms with Gasteiger partial charge in [-0.05, 0) is 49.8 Å². The van der Waals surface area contributed by atoms with Crippen molar-refractivity contribution in [3.63, 3.8) is 0 Å². The van der Waals surface area contributed by atoms with Gasteiger partial charge in [-0.25, -0.2) is 4.79 Å². The Labute approximate surface area is 219 Å². The maximum Gasteiger partial charge on any atom is 0.508 e. The molecule has 1 rings (SSSR count). The van der Waals surface area contributed by atoms with Crippen molar-refractivity contribution in [3.8, 4) is 11.5 Å². The molecule has 0 amide bonds. The maximum atomic E-state index is 12.7. The molecule has 3 unspecified atom stereocenters. The van der Waals surface area contributed by atoms with Crippen LogP contribution in [-0.2, 0) is 30.3 Å². The second-order valence-corrected chi connectivity index (χ2v) is 9.80. The number of benzene rings is 1. The van der Waals surface area contributed by atoms with Crippen LogP contribution in [0.2, 0.25) is 0 Å². The number of rotatable bonds is 14. The molecule has 0 aliphatic heterocycles. The molecular weight excluding hydrogens is 482 g/mol. The molecule has 0 saturated carbocycles. The molecule has 10 nitrogen and oxygen atoms in total. The fourth-order valence-electron chi connectivity index (χ4n) is 2.94. The predicted octanol–water partition coefficient (Wildman–Crippen LogP) is 4.23. The summed E-state index contributed by atoms with van der Waals surface area (Å²) in [5, 5.41) is 12.6. The first-order chi connectivity index (χ1) is 17.3. The van der Waals surface area contributed by atoms with Gasteiger partial charge in [-0.15, -0.1) is 0 Å². The van der Waals surface area contributed by atoms with Crippen LogP contribution in [0.15, 0.2) is 18.2 Å². The third kappa shape index (κ3) is 10.8. The van der Waals surface area contributed by atoms with Gasteiger partial charge in [0.2, 0.25) is 0 Å². The van der Waals surface area contributed by atoms with Gasteiger partial charge in [0, 0.05) is 6.54 Å². The van der Waals surface area contributed by atoms with Gasteiger partial charge in [0.05, 0.1) is 18.4 Å². The first-order valence-corrected chi connectivity index (χ1v) is 12.6. The fraction of sp³-hybridized carbons (Fsp3) is 0.630. The highest BCUT2D eigenvalue weighted by Crippen LogP contribution is 2.31. The molecule has 1 aromatic carbocycles. The normalized spacial score (nSPS) is 14.4. The summed E-state index contributed by atoms with van der Waals surface area (Å²) in [6, 6.07) is 3.58. The Hall–Kier alpha value is -3.14. The van der Waals surface area contributed by atoms with Crippen LogP contribution in [0.5, 0.6) is 11.5 Å². The van der Waals surface area contributed by atoms with Gasteiger partial charge in [-0.2, -0.15) is 0 Å². The van der Waals surface area contributed by atoms with E-state index in [9.17, 15) is 24.3 Å². The van der Waals surface area contributed by atoms with Crippen molar-refractivity contribution in [2.24, 2.45) is 23.7 Å². The number of hydrogen-bond acceptors (Lipinski definition) is 9. The summed E-state index contributed by atoms with van der Waals surface area (Å²) in [4.78, 5) is 48.6. The highest BCUT2D eigenvalue weighted by Gasteiger charge is 2.25. The summed E-state index contributed by atoms with van der Waals surface area (Å²) in [7, 11) is 0. The van der Waals surface area contributed by atoms with Gasteiger partial charge in [0.25, 0.3) is 0 Å². The van der Waals surface area contributed by atoms with Crippen LogP contribution in [0.1, 0.15) is 61.0 Å². The van der Waals surface area contributed by atoms with Crippen LogP contribution < -0.4 is 14.8 Å². The Balaban J connectivity index is 3.11. The number of nitrogens with one attached hydrogen (secondary N) is 1. The Bertz CT molecular complexity index is 928. The highest BCUT2D eigenvalue weighted by atomic mass is 16.7. The van der Waals surface area contributed by atoms with Crippen LogP contribution in [0.3, 0.4) is 0 Å². The van der Waals surface area contributed by atoms with Crippen molar-refractivity contribution in [3.05, 3.63) is 23.8 Å². The van der Waals surface area contributed by atoms with Gasteiger partial charge in [0.15, 0.2) is 11.5 Å². The van der Waals surface area contributed by atoms with E-state index in [0.29, 0.717) is 5.56 Å². The molecule has 4 atom stereocenters. The molecule has 2 N–H and O–H groups in total. The fourth-order valence-corrected chi connectivity index (χ4v) is 2.94. The van der Waals surface area contributed by atoms with Crippen LogP contribution >= 0.6 is 0 Å². The van der Waals surface area contributed by atoms with E-state index >= 15 is 0 Å². The number of carbonyl (C=O) groups is 4. The average Bonchev–Trinajstić information content (AvgIpc) is 2.81. The zero-order valence-corrected chi connectivity index (χ0v) is 23.0. The lowest BCUT2D eigenvalue weighted by Crippen LogP contribution is -2.42. The molecule has 10 heteroatoms. The molecule has 0 bridgehead atoms. The maximum absolute atomic E-state index is 12.7. The van der Waals surface area contributed by atoms with Gasteiger partial charge in [0.1, 0.15) is 12.1 Å². The lowest BCUT2D eigenvalue weighted by atomic mass is 9.98. The number of carboxylic acid groups (broad SMARTS) is 1. The zero-order chi connectivity index (χ0) is 28.3. The average molecular weight is 524 g/mol. The third-order valence-electron chi connectivity index (χ3n) is 6.12. The van der Waals surface area contributed by atoms with Crippen molar-refractivity contribution in [2.75, 3.05) is 13.2 Å². The molecule has 1 aromatic rings. The quantitative estimate of drug-likeness (QED) is 0.269. The molecule has 0 spiro atoms. The molecule has 0 aliphatic carbocycles. The summed E-state index contributed by atoms with van der Waals surface area (Å²) >= 11 is 0. The molecule has 0 radical (unpaired) electrons. The Morgan fingerprint density at radius 1 is 0.865 bits per heavy atom. The molecule has 0 fully saturated rings. The first kappa shape index (κ1) is 31.9. The minimum atomic E-state index is -1.11. The summed E-state index contributed by atoms with van der Waals surface area (Å²) < 4.78 is 20.9. The zero-order valence-electron chi connectivity index (χ0n) is 23.0. The van der Waals surface area contributed by atoms with Crippen LogP contribution in [-0.4, -0.2) is 54.5 Å². The molecule has 0 aliphatic rings. The van der Waals surface area contributed by atoms with Gasteiger partial charge in [-0.1, -0.05) is 47.6 Å². The van der Waals surface area contributed by atoms with Gasteiger partial charge < -0.3 is 29.4 Å². The van der Waals surface area contributed by atoms with Crippen LogP contribution in [0.25, 0.3) is 0 Å². The van der Waals surface area contributed by atoms with E-state index in [1.807, 2.05) is 27.7 Å². The lowest BCUT2D eigenvalue weighted by Gasteiger charge is -2.20. The highest BCUT2D eigenvalue weighted by molar-refractivity contribution is 5.79. The molecule has 0 saturated heterocycles. The molecule has 208 valence electrons. The van der Waals surface area contributed by atoms with Crippen LogP contribution in [0.4, 0.5) is 4.79 Å². The number of aliphatic carboxylic acids is 1. The number of ether oxygens (including phenoxy) is 4. The van der Waals surface area contributed by atoms with Crippen molar-refractivity contribution >= 4 is 24.1 Å². The predicted molar refractivity (Wildman–Crippen MR) is 136 cm³/mol. The molecule has 0 aromatic heterocycles. The molecule has 37 heavy (non-hydrogen) atoms. The summed E-state index contributed by atoms with van der Waals surface area (Å²) in [6.07, 6.45) is -1.43. The number of carbonyl (C=O) groups excluding carboxylic acids is 3. The monoisotopic (exact) mass is 523 g/mol. The van der Waals surface area contributed by atoms with Gasteiger partial charge in [-0.3, -0.25) is 14.4 Å². The topological polar surface area (TPSA) is 137 Å². The van der Waals surface area contributed by atoms with Gasteiger partial charge >= 0.3 is 24.1 Å². The Kier molecular flexibility index (Phi) is 13.1. The van der Waals surface area contributed by atoms with E-state index in [-0.39, 0.29) is 48.8 Å². The minimum absolute atomic E-state index is 0.0297. The van der Waals surface area contributed by atoms with Crippen molar-refractivity contribution < 1.29 is 43.2 Å². The SMILES string of the molecule is CCOC(=O)OC(C)CN[C@@H](Cc1ccc(OC(=O)C(C)C(C)C)c(OC(=O)C(C)C(C)C)c1)C(=O)O. The minimum Gasteiger partial charge on any atom is -0.480 e. The first-order valence-electron chi connectivity index (χ1n) is 12.6. The second-order valence-electron chi connectivity index (χ2n) is 9.80. The molecule has 0 heterocycles. The second kappa shape index (κ2) is 15.2. The smallest absolute Gasteiger partial charge is 0.480 e. The van der Waals surface area contributed by atoms with Crippen molar-refractivity contribution in [2.45, 2.75) is 74.0 Å². The number of hydrogen-bond donors (Lipinski definition) is 2. The van der Waals surface area contributed by atoms with E-state index in [4.69, 9.17) is 18.9 Å². The van der Waals surface area contributed by atoms with E-state index < -0.39 is 42.1 Å². The number of esters is 2. The van der Waals surface area contributed by atoms with Crippen LogP contribution in [0, 0.1) is 23.7 Å². The van der Waals surface area contributed by atoms with E-state index in [1.165, 1.54) is 12.1 Å². The molecular formula is C27H41NO9. The van der Waals surface area contributed by atoms with Crippen molar-refractivity contribution in [1.82, 2.24) is 5.32 Å². The third-order valence-corrected chi connectivity index (χ3v) is 6.12. The Morgan fingerprint density at radius 2 is 1.41 bits per heavy atom. The van der Waals surface area contributed by atoms with E-state index in [2.05, 4.69) is 5.32 Å². The van der Waals surface area contributed by atoms with Crippen molar-refractivity contribution in [1.29, 1.82) is 0 Å². The lowest BCUT2D eigenvalue weighted by molar-refractivity contribution is -0.142. The van der Waals surface area contributed by atoms with E-state index in [1.54, 1.807) is 33.8 Å². The summed E-state index contributed by atoms with van der Waals surface area (Å²) in [6.45, 7) is 14.6. The van der Waals surface area contributed by atoms with E-state index in [0.717, 1.165) is 0 Å². The standard InChI is InChI=1S/C27H41NO9/c1-9-34-27(33)35-17(6)14-28-21(24(29)30)12-20-10-11-22(36-25(31)18(7)15(2)3)23(13-20)37-26(32)19(8)16(4)5/h10-11,13,15-19,21,28H,9,12,14H2,1-8H3,(H,29,30)/t17?,18?,19?,21-/m0/s1.